The van der Waals surface area contributed by atoms with Crippen molar-refractivity contribution < 1.29 is 14.3 Å². The summed E-state index contributed by atoms with van der Waals surface area (Å²) in [5.74, 6) is -0.179. The molecular weight excluding hydrogens is 282 g/mol. The molecule has 120 valence electrons. The van der Waals surface area contributed by atoms with E-state index >= 15 is 0 Å². The van der Waals surface area contributed by atoms with Crippen LogP contribution in [0.25, 0.3) is 0 Å². The minimum atomic E-state index is -0.113. The molecular formula is C16H23N3O3. The average molecular weight is 305 g/mol. The number of esters is 1. The van der Waals surface area contributed by atoms with Crippen LogP contribution in [0.3, 0.4) is 0 Å². The number of hydrogen-bond acceptors (Lipinski definition) is 5. The molecule has 1 aliphatic carbocycles. The Morgan fingerprint density at radius 1 is 1.32 bits per heavy atom. The van der Waals surface area contributed by atoms with E-state index < -0.39 is 0 Å². The van der Waals surface area contributed by atoms with Gasteiger partial charge in [-0.05, 0) is 44.7 Å². The average Bonchev–Trinajstić information content (AvgIpc) is 2.50. The lowest BCUT2D eigenvalue weighted by atomic mass is 9.86. The van der Waals surface area contributed by atoms with Crippen LogP contribution in [0.2, 0.25) is 0 Å². The molecule has 0 unspecified atom stereocenters. The molecule has 6 nitrogen and oxygen atoms in total. The molecule has 0 aromatic carbocycles. The molecule has 1 aliphatic rings. The molecule has 0 radical (unpaired) electrons. The quantitative estimate of drug-likeness (QED) is 0.803. The van der Waals surface area contributed by atoms with Gasteiger partial charge in [0.2, 0.25) is 5.91 Å². The van der Waals surface area contributed by atoms with Crippen molar-refractivity contribution in [2.75, 3.05) is 12.3 Å². The second-order valence-corrected chi connectivity index (χ2v) is 5.63. The Morgan fingerprint density at radius 2 is 2.05 bits per heavy atom. The van der Waals surface area contributed by atoms with Gasteiger partial charge in [0.25, 0.3) is 0 Å². The van der Waals surface area contributed by atoms with E-state index in [2.05, 4.69) is 10.3 Å². The Hall–Kier alpha value is -2.11. The predicted molar refractivity (Wildman–Crippen MR) is 82.9 cm³/mol. The number of anilines is 1. The third-order valence-electron chi connectivity index (χ3n) is 3.90. The molecule has 0 aliphatic heterocycles. The molecule has 1 aromatic heterocycles. The number of pyridine rings is 1. The Kier molecular flexibility index (Phi) is 5.75. The van der Waals surface area contributed by atoms with Gasteiger partial charge in [0, 0.05) is 11.7 Å². The standard InChI is InChI=1S/C16H23N3O3/c1-2-22-16(21)11-3-6-13(7-4-11)19-15(20)9-14-8-5-12(17)10-18-14/h5,8,10-11,13H,2-4,6-7,9,17H2,1H3,(H,19,20). The molecule has 1 heterocycles. The highest BCUT2D eigenvalue weighted by molar-refractivity contribution is 5.78. The highest BCUT2D eigenvalue weighted by atomic mass is 16.5. The first-order valence-corrected chi connectivity index (χ1v) is 7.75. The molecule has 6 heteroatoms. The number of nitrogen functional groups attached to an aromatic ring is 1. The van der Waals surface area contributed by atoms with Crippen LogP contribution < -0.4 is 11.1 Å². The van der Waals surface area contributed by atoms with E-state index in [9.17, 15) is 9.59 Å². The first-order valence-electron chi connectivity index (χ1n) is 7.75. The van der Waals surface area contributed by atoms with Gasteiger partial charge in [0.15, 0.2) is 0 Å². The van der Waals surface area contributed by atoms with Crippen molar-refractivity contribution in [1.29, 1.82) is 0 Å². The molecule has 1 saturated carbocycles. The molecule has 0 bridgehead atoms. The van der Waals surface area contributed by atoms with E-state index in [0.29, 0.717) is 18.0 Å². The number of ether oxygens (including phenoxy) is 1. The largest absolute Gasteiger partial charge is 0.466 e. The summed E-state index contributed by atoms with van der Waals surface area (Å²) in [7, 11) is 0. The maximum Gasteiger partial charge on any atom is 0.308 e. The number of hydrogen-bond donors (Lipinski definition) is 2. The van der Waals surface area contributed by atoms with Gasteiger partial charge in [0.05, 0.1) is 30.8 Å². The number of rotatable bonds is 5. The zero-order chi connectivity index (χ0) is 15.9. The van der Waals surface area contributed by atoms with Crippen LogP contribution in [0, 0.1) is 5.92 Å². The third kappa shape index (κ3) is 4.72. The summed E-state index contributed by atoms with van der Waals surface area (Å²) in [5.41, 5.74) is 6.85. The summed E-state index contributed by atoms with van der Waals surface area (Å²) < 4.78 is 5.04. The summed E-state index contributed by atoms with van der Waals surface area (Å²) in [6.45, 7) is 2.24. The number of carbonyl (C=O) groups excluding carboxylic acids is 2. The summed E-state index contributed by atoms with van der Waals surface area (Å²) in [5, 5.41) is 3.01. The number of nitrogens with two attached hydrogens (primary N) is 1. The molecule has 3 N–H and O–H groups in total. The van der Waals surface area contributed by atoms with Gasteiger partial charge in [0.1, 0.15) is 0 Å². The predicted octanol–water partition coefficient (Wildman–Crippen LogP) is 1.44. The number of nitrogens with zero attached hydrogens (tertiary/aromatic N) is 1. The van der Waals surface area contributed by atoms with Gasteiger partial charge in [-0.1, -0.05) is 0 Å². The Bertz CT molecular complexity index is 508. The lowest BCUT2D eigenvalue weighted by Crippen LogP contribution is -2.39. The van der Waals surface area contributed by atoms with Crippen LogP contribution in [0.4, 0.5) is 5.69 Å². The first kappa shape index (κ1) is 16.3. The number of nitrogens with one attached hydrogen (secondary N) is 1. The van der Waals surface area contributed by atoms with E-state index in [1.54, 1.807) is 18.3 Å². The maximum atomic E-state index is 12.0. The number of carbonyl (C=O) groups is 2. The lowest BCUT2D eigenvalue weighted by Gasteiger charge is -2.27. The van der Waals surface area contributed by atoms with E-state index in [0.717, 1.165) is 25.7 Å². The smallest absolute Gasteiger partial charge is 0.308 e. The molecule has 0 atom stereocenters. The summed E-state index contributed by atoms with van der Waals surface area (Å²) in [4.78, 5) is 27.8. The minimum Gasteiger partial charge on any atom is -0.466 e. The Labute approximate surface area is 130 Å². The summed E-state index contributed by atoms with van der Waals surface area (Å²) in [6, 6.07) is 3.62. The summed E-state index contributed by atoms with van der Waals surface area (Å²) in [6.07, 6.45) is 4.95. The van der Waals surface area contributed by atoms with Crippen molar-refractivity contribution in [2.24, 2.45) is 5.92 Å². The van der Waals surface area contributed by atoms with Crippen molar-refractivity contribution in [3.05, 3.63) is 24.0 Å². The van der Waals surface area contributed by atoms with E-state index in [-0.39, 0.29) is 30.3 Å². The van der Waals surface area contributed by atoms with E-state index in [1.165, 1.54) is 0 Å². The van der Waals surface area contributed by atoms with Crippen LogP contribution in [0.15, 0.2) is 18.3 Å². The van der Waals surface area contributed by atoms with Crippen molar-refractivity contribution >= 4 is 17.6 Å². The topological polar surface area (TPSA) is 94.3 Å². The molecule has 22 heavy (non-hydrogen) atoms. The van der Waals surface area contributed by atoms with Crippen LogP contribution in [-0.4, -0.2) is 29.5 Å². The van der Waals surface area contributed by atoms with Gasteiger partial charge < -0.3 is 15.8 Å². The Morgan fingerprint density at radius 3 is 2.64 bits per heavy atom. The second-order valence-electron chi connectivity index (χ2n) is 5.63. The number of amides is 1. The van der Waals surface area contributed by atoms with Crippen LogP contribution in [0.5, 0.6) is 0 Å². The molecule has 1 aromatic rings. The fraction of sp³-hybridized carbons (Fsp3) is 0.562. The van der Waals surface area contributed by atoms with Crippen LogP contribution in [0.1, 0.15) is 38.3 Å². The normalized spacial score (nSPS) is 21.1. The molecule has 1 amide bonds. The minimum absolute atomic E-state index is 0.0214. The maximum absolute atomic E-state index is 12.0. The zero-order valence-electron chi connectivity index (χ0n) is 12.9. The van der Waals surface area contributed by atoms with Gasteiger partial charge in [-0.15, -0.1) is 0 Å². The molecule has 2 rings (SSSR count). The fourth-order valence-electron chi connectivity index (χ4n) is 2.72. The summed E-state index contributed by atoms with van der Waals surface area (Å²) >= 11 is 0. The highest BCUT2D eigenvalue weighted by Crippen LogP contribution is 2.25. The van der Waals surface area contributed by atoms with Crippen molar-refractivity contribution in [3.63, 3.8) is 0 Å². The Balaban J connectivity index is 1.74. The van der Waals surface area contributed by atoms with Crippen molar-refractivity contribution in [1.82, 2.24) is 10.3 Å². The van der Waals surface area contributed by atoms with E-state index in [4.69, 9.17) is 10.5 Å². The second kappa shape index (κ2) is 7.77. The zero-order valence-corrected chi connectivity index (χ0v) is 12.9. The number of aromatic nitrogens is 1. The molecule has 0 saturated heterocycles. The van der Waals surface area contributed by atoms with Gasteiger partial charge in [-0.3, -0.25) is 14.6 Å². The third-order valence-corrected chi connectivity index (χ3v) is 3.90. The fourth-order valence-corrected chi connectivity index (χ4v) is 2.72. The van der Waals surface area contributed by atoms with Crippen molar-refractivity contribution in [3.8, 4) is 0 Å². The lowest BCUT2D eigenvalue weighted by molar-refractivity contribution is -0.149. The van der Waals surface area contributed by atoms with Crippen molar-refractivity contribution in [2.45, 2.75) is 45.1 Å². The SMILES string of the molecule is CCOC(=O)C1CCC(NC(=O)Cc2ccc(N)cn2)CC1. The van der Waals surface area contributed by atoms with Gasteiger partial charge in [-0.2, -0.15) is 0 Å². The highest BCUT2D eigenvalue weighted by Gasteiger charge is 2.27. The molecule has 0 spiro atoms. The van der Waals surface area contributed by atoms with Crippen LogP contribution >= 0.6 is 0 Å². The van der Waals surface area contributed by atoms with Gasteiger partial charge in [-0.25, -0.2) is 0 Å². The van der Waals surface area contributed by atoms with E-state index in [1.807, 2.05) is 6.92 Å². The molecule has 1 fully saturated rings. The first-order chi connectivity index (χ1) is 10.6. The van der Waals surface area contributed by atoms with Gasteiger partial charge >= 0.3 is 5.97 Å². The van der Waals surface area contributed by atoms with Crippen LogP contribution in [-0.2, 0) is 20.7 Å². The monoisotopic (exact) mass is 305 g/mol.